The van der Waals surface area contributed by atoms with Crippen molar-refractivity contribution in [3.8, 4) is 0 Å². The lowest BCUT2D eigenvalue weighted by Crippen LogP contribution is -2.27. The molecule has 3 N–H and O–H groups in total. The lowest BCUT2D eigenvalue weighted by atomic mass is 10.1. The van der Waals surface area contributed by atoms with Gasteiger partial charge in [-0.2, -0.15) is 0 Å². The number of primary amides is 1. The zero-order chi connectivity index (χ0) is 12.7. The smallest absolute Gasteiger partial charge is 0.404 e. The van der Waals surface area contributed by atoms with Crippen LogP contribution in [-0.4, -0.2) is 19.2 Å². The third-order valence-corrected chi connectivity index (χ3v) is 2.89. The number of rotatable bonds is 6. The summed E-state index contributed by atoms with van der Waals surface area (Å²) in [4.78, 5) is 10.4. The molecule has 0 fully saturated rings. The summed E-state index contributed by atoms with van der Waals surface area (Å²) in [7, 11) is 0. The molecule has 0 aromatic heterocycles. The highest BCUT2D eigenvalue weighted by Crippen LogP contribution is 2.20. The van der Waals surface area contributed by atoms with E-state index in [0.717, 1.165) is 10.9 Å². The number of carbonyl (C=O) groups is 1. The van der Waals surface area contributed by atoms with E-state index in [1.807, 2.05) is 12.1 Å². The SMILES string of the molecule is CCC(NCCOC(N)=O)c1cccc(Br)c1. The number of hydrogen-bond donors (Lipinski definition) is 2. The van der Waals surface area contributed by atoms with Crippen LogP contribution >= 0.6 is 15.9 Å². The molecule has 5 heteroatoms. The van der Waals surface area contributed by atoms with Crippen LogP contribution in [0, 0.1) is 0 Å². The van der Waals surface area contributed by atoms with Gasteiger partial charge in [0.05, 0.1) is 0 Å². The fourth-order valence-corrected chi connectivity index (χ4v) is 2.02. The van der Waals surface area contributed by atoms with Gasteiger partial charge in [-0.05, 0) is 24.1 Å². The summed E-state index contributed by atoms with van der Waals surface area (Å²) < 4.78 is 5.72. The molecule has 1 amide bonds. The van der Waals surface area contributed by atoms with Crippen LogP contribution in [0.15, 0.2) is 28.7 Å². The van der Waals surface area contributed by atoms with Gasteiger partial charge in [0, 0.05) is 17.1 Å². The third-order valence-electron chi connectivity index (χ3n) is 2.40. The van der Waals surface area contributed by atoms with Crippen LogP contribution in [0.3, 0.4) is 0 Å². The highest BCUT2D eigenvalue weighted by atomic mass is 79.9. The molecular formula is C12H17BrN2O2. The van der Waals surface area contributed by atoms with E-state index in [1.54, 1.807) is 0 Å². The molecule has 0 bridgehead atoms. The van der Waals surface area contributed by atoms with Crippen molar-refractivity contribution < 1.29 is 9.53 Å². The molecule has 0 heterocycles. The van der Waals surface area contributed by atoms with Crippen LogP contribution in [0.2, 0.25) is 0 Å². The Morgan fingerprint density at radius 3 is 2.94 bits per heavy atom. The zero-order valence-electron chi connectivity index (χ0n) is 9.78. The molecule has 4 nitrogen and oxygen atoms in total. The first-order valence-electron chi connectivity index (χ1n) is 5.54. The molecule has 1 aromatic rings. The number of hydrogen-bond acceptors (Lipinski definition) is 3. The Hall–Kier alpha value is -1.07. The van der Waals surface area contributed by atoms with Crippen molar-refractivity contribution in [2.75, 3.05) is 13.2 Å². The molecule has 17 heavy (non-hydrogen) atoms. The van der Waals surface area contributed by atoms with Gasteiger partial charge in [-0.25, -0.2) is 4.79 Å². The highest BCUT2D eigenvalue weighted by Gasteiger charge is 2.08. The first kappa shape index (κ1) is 14.0. The summed E-state index contributed by atoms with van der Waals surface area (Å²) in [6.45, 7) is 2.99. The highest BCUT2D eigenvalue weighted by molar-refractivity contribution is 9.10. The number of amides is 1. The molecule has 0 spiro atoms. The fraction of sp³-hybridized carbons (Fsp3) is 0.417. The molecule has 0 saturated heterocycles. The maximum Gasteiger partial charge on any atom is 0.404 e. The molecule has 0 aliphatic rings. The lowest BCUT2D eigenvalue weighted by molar-refractivity contribution is 0.156. The van der Waals surface area contributed by atoms with Crippen molar-refractivity contribution in [1.29, 1.82) is 0 Å². The molecule has 1 atom stereocenters. The van der Waals surface area contributed by atoms with E-state index in [-0.39, 0.29) is 6.04 Å². The molecule has 1 aromatic carbocycles. The summed E-state index contributed by atoms with van der Waals surface area (Å²) in [6.07, 6.45) is 0.231. The fourth-order valence-electron chi connectivity index (χ4n) is 1.61. The molecule has 94 valence electrons. The maximum absolute atomic E-state index is 10.4. The van der Waals surface area contributed by atoms with Gasteiger partial charge >= 0.3 is 6.09 Å². The van der Waals surface area contributed by atoms with E-state index in [0.29, 0.717) is 13.2 Å². The molecule has 1 unspecified atom stereocenters. The number of carbonyl (C=O) groups excluding carboxylic acids is 1. The van der Waals surface area contributed by atoms with Crippen molar-refractivity contribution >= 4 is 22.0 Å². The Kier molecular flexibility index (Phi) is 6.00. The van der Waals surface area contributed by atoms with Crippen molar-refractivity contribution in [2.45, 2.75) is 19.4 Å². The van der Waals surface area contributed by atoms with Crippen LogP contribution in [0.4, 0.5) is 4.79 Å². The predicted octanol–water partition coefficient (Wildman–Crippen LogP) is 2.59. The standard InChI is InChI=1S/C12H17BrN2O2/c1-2-11(15-6-7-17-12(14)16)9-4-3-5-10(13)8-9/h3-5,8,11,15H,2,6-7H2,1H3,(H2,14,16). The van der Waals surface area contributed by atoms with Crippen LogP contribution in [0.5, 0.6) is 0 Å². The number of nitrogens with one attached hydrogen (secondary N) is 1. The molecule has 0 aliphatic heterocycles. The van der Waals surface area contributed by atoms with Crippen LogP contribution in [0.25, 0.3) is 0 Å². The Morgan fingerprint density at radius 1 is 1.59 bits per heavy atom. The minimum atomic E-state index is -0.734. The maximum atomic E-state index is 10.4. The lowest BCUT2D eigenvalue weighted by Gasteiger charge is -2.17. The molecule has 0 aliphatic carbocycles. The average Bonchev–Trinajstić information content (AvgIpc) is 2.29. The Balaban J connectivity index is 2.45. The van der Waals surface area contributed by atoms with Crippen molar-refractivity contribution in [2.24, 2.45) is 5.73 Å². The van der Waals surface area contributed by atoms with E-state index in [1.165, 1.54) is 5.56 Å². The zero-order valence-corrected chi connectivity index (χ0v) is 11.4. The summed E-state index contributed by atoms with van der Waals surface area (Å²) in [5.74, 6) is 0. The van der Waals surface area contributed by atoms with Gasteiger partial charge in [0.2, 0.25) is 0 Å². The largest absolute Gasteiger partial charge is 0.448 e. The van der Waals surface area contributed by atoms with Gasteiger partial charge in [-0.3, -0.25) is 0 Å². The first-order chi connectivity index (χ1) is 8.13. The predicted molar refractivity (Wildman–Crippen MR) is 70.7 cm³/mol. The van der Waals surface area contributed by atoms with Gasteiger partial charge in [0.15, 0.2) is 0 Å². The third kappa shape index (κ3) is 5.19. The minimum Gasteiger partial charge on any atom is -0.448 e. The van der Waals surface area contributed by atoms with Crippen molar-refractivity contribution in [3.63, 3.8) is 0 Å². The minimum absolute atomic E-state index is 0.254. The number of benzene rings is 1. The number of nitrogens with two attached hydrogens (primary N) is 1. The monoisotopic (exact) mass is 300 g/mol. The van der Waals surface area contributed by atoms with Crippen molar-refractivity contribution in [1.82, 2.24) is 5.32 Å². The molecule has 0 saturated carbocycles. The van der Waals surface area contributed by atoms with E-state index in [2.05, 4.69) is 45.0 Å². The second-order valence-electron chi connectivity index (χ2n) is 3.64. The second-order valence-corrected chi connectivity index (χ2v) is 4.55. The van der Waals surface area contributed by atoms with Gasteiger partial charge in [0.1, 0.15) is 6.61 Å². The summed E-state index contributed by atoms with van der Waals surface area (Å²) in [5.41, 5.74) is 6.09. The second kappa shape index (κ2) is 7.29. The van der Waals surface area contributed by atoms with Gasteiger partial charge in [-0.15, -0.1) is 0 Å². The van der Waals surface area contributed by atoms with Gasteiger partial charge < -0.3 is 15.8 Å². The van der Waals surface area contributed by atoms with Gasteiger partial charge in [0.25, 0.3) is 0 Å². The van der Waals surface area contributed by atoms with E-state index in [9.17, 15) is 4.79 Å². The number of halogens is 1. The van der Waals surface area contributed by atoms with Crippen LogP contribution in [0.1, 0.15) is 24.9 Å². The van der Waals surface area contributed by atoms with Crippen molar-refractivity contribution in [3.05, 3.63) is 34.3 Å². The Morgan fingerprint density at radius 2 is 2.35 bits per heavy atom. The first-order valence-corrected chi connectivity index (χ1v) is 6.34. The molecular weight excluding hydrogens is 284 g/mol. The van der Waals surface area contributed by atoms with Gasteiger partial charge in [-0.1, -0.05) is 35.0 Å². The summed E-state index contributed by atoms with van der Waals surface area (Å²) in [5, 5.41) is 3.31. The topological polar surface area (TPSA) is 64.3 Å². The number of ether oxygens (including phenoxy) is 1. The van der Waals surface area contributed by atoms with Crippen LogP contribution in [-0.2, 0) is 4.74 Å². The quantitative estimate of drug-likeness (QED) is 0.794. The van der Waals surface area contributed by atoms with E-state index >= 15 is 0 Å². The average molecular weight is 301 g/mol. The molecule has 1 rings (SSSR count). The Bertz CT molecular complexity index is 371. The van der Waals surface area contributed by atoms with E-state index in [4.69, 9.17) is 5.73 Å². The summed E-state index contributed by atoms with van der Waals surface area (Å²) >= 11 is 3.45. The van der Waals surface area contributed by atoms with E-state index < -0.39 is 6.09 Å². The summed E-state index contributed by atoms with van der Waals surface area (Å²) in [6, 6.07) is 8.40. The molecule has 0 radical (unpaired) electrons. The Labute approximate surface area is 110 Å². The van der Waals surface area contributed by atoms with Crippen LogP contribution < -0.4 is 11.1 Å². The normalized spacial score (nSPS) is 12.1.